The molecule has 32 heavy (non-hydrogen) atoms. The minimum Gasteiger partial charge on any atom is -0.494 e. The van der Waals surface area contributed by atoms with E-state index < -0.39 is 11.8 Å². The number of nitrogens with zero attached hydrogens (tertiary/aromatic N) is 2. The van der Waals surface area contributed by atoms with Crippen LogP contribution in [0.25, 0.3) is 16.9 Å². The zero-order valence-electron chi connectivity index (χ0n) is 17.5. The normalized spacial score (nSPS) is 10.4. The van der Waals surface area contributed by atoms with Crippen molar-refractivity contribution >= 4 is 11.8 Å². The topological polar surface area (TPSA) is 85.3 Å². The van der Waals surface area contributed by atoms with Gasteiger partial charge in [-0.1, -0.05) is 48.5 Å². The maximum absolute atomic E-state index is 13.0. The molecule has 0 fully saturated rings. The molecule has 4 aromatic rings. The summed E-state index contributed by atoms with van der Waals surface area (Å²) < 4.78 is 7.02. The molecule has 0 saturated heterocycles. The summed E-state index contributed by atoms with van der Waals surface area (Å²) in [5, 5.41) is 4.61. The van der Waals surface area contributed by atoms with E-state index in [1.54, 1.807) is 35.1 Å². The van der Waals surface area contributed by atoms with Gasteiger partial charge in [0.1, 0.15) is 11.4 Å². The summed E-state index contributed by atoms with van der Waals surface area (Å²) in [5.41, 5.74) is 7.82. The van der Waals surface area contributed by atoms with Crippen molar-refractivity contribution in [2.75, 3.05) is 6.61 Å². The first-order valence-electron chi connectivity index (χ1n) is 10.2. The predicted molar refractivity (Wildman–Crippen MR) is 122 cm³/mol. The first kappa shape index (κ1) is 20.9. The van der Waals surface area contributed by atoms with Crippen LogP contribution >= 0.6 is 0 Å². The number of hydrazine groups is 1. The molecule has 0 aliphatic carbocycles. The summed E-state index contributed by atoms with van der Waals surface area (Å²) in [7, 11) is 0. The number of hydrogen-bond donors (Lipinski definition) is 2. The largest absolute Gasteiger partial charge is 0.494 e. The standard InChI is InChI=1S/C25H22N4O3/c1-2-32-21-15-13-19(14-16-21)24(30)26-27-25(31)22-17-29(20-11-7-4-8-12-20)28-23(22)18-9-5-3-6-10-18/h3-17H,2H2,1H3,(H,26,30)(H,27,31). The molecule has 7 nitrogen and oxygen atoms in total. The third-order valence-corrected chi connectivity index (χ3v) is 4.74. The van der Waals surface area contributed by atoms with Gasteiger partial charge in [0, 0.05) is 17.3 Å². The maximum Gasteiger partial charge on any atom is 0.273 e. The van der Waals surface area contributed by atoms with Gasteiger partial charge in [0.25, 0.3) is 11.8 Å². The van der Waals surface area contributed by atoms with Crippen LogP contribution in [0.2, 0.25) is 0 Å². The number of carbonyl (C=O) groups excluding carboxylic acids is 2. The quantitative estimate of drug-likeness (QED) is 0.456. The van der Waals surface area contributed by atoms with Crippen LogP contribution in [0.5, 0.6) is 5.75 Å². The first-order valence-corrected chi connectivity index (χ1v) is 10.2. The minimum absolute atomic E-state index is 0.340. The van der Waals surface area contributed by atoms with E-state index >= 15 is 0 Å². The fourth-order valence-corrected chi connectivity index (χ4v) is 3.18. The molecule has 0 radical (unpaired) electrons. The highest BCUT2D eigenvalue weighted by Gasteiger charge is 2.19. The molecule has 2 amide bonds. The summed E-state index contributed by atoms with van der Waals surface area (Å²) in [6, 6.07) is 25.6. The number of benzene rings is 3. The van der Waals surface area contributed by atoms with E-state index in [1.807, 2.05) is 67.6 Å². The lowest BCUT2D eigenvalue weighted by Gasteiger charge is -2.08. The number of para-hydroxylation sites is 1. The van der Waals surface area contributed by atoms with Crippen molar-refractivity contribution in [3.8, 4) is 22.7 Å². The molecule has 1 aromatic heterocycles. The molecule has 0 aliphatic heterocycles. The number of amides is 2. The zero-order valence-corrected chi connectivity index (χ0v) is 17.5. The lowest BCUT2D eigenvalue weighted by Crippen LogP contribution is -2.41. The van der Waals surface area contributed by atoms with Gasteiger partial charge in [-0.15, -0.1) is 0 Å². The number of aromatic nitrogens is 2. The van der Waals surface area contributed by atoms with Crippen molar-refractivity contribution in [2.45, 2.75) is 6.92 Å². The Hall–Kier alpha value is -4.39. The van der Waals surface area contributed by atoms with E-state index in [4.69, 9.17) is 4.74 Å². The first-order chi connectivity index (χ1) is 15.7. The van der Waals surface area contributed by atoms with Crippen molar-refractivity contribution < 1.29 is 14.3 Å². The fraction of sp³-hybridized carbons (Fsp3) is 0.0800. The van der Waals surface area contributed by atoms with Crippen molar-refractivity contribution in [3.63, 3.8) is 0 Å². The van der Waals surface area contributed by atoms with Gasteiger partial charge in [-0.25, -0.2) is 4.68 Å². The van der Waals surface area contributed by atoms with Crippen LogP contribution in [0, 0.1) is 0 Å². The summed E-state index contributed by atoms with van der Waals surface area (Å²) in [4.78, 5) is 25.4. The monoisotopic (exact) mass is 426 g/mol. The van der Waals surface area contributed by atoms with Gasteiger partial charge >= 0.3 is 0 Å². The second kappa shape index (κ2) is 9.61. The average molecular weight is 426 g/mol. The number of carbonyl (C=O) groups is 2. The molecule has 4 rings (SSSR count). The Kier molecular flexibility index (Phi) is 6.27. The molecule has 1 heterocycles. The molecule has 0 atom stereocenters. The SMILES string of the molecule is CCOc1ccc(C(=O)NNC(=O)c2cn(-c3ccccc3)nc2-c2ccccc2)cc1. The number of rotatable bonds is 6. The molecule has 0 saturated carbocycles. The Balaban J connectivity index is 1.54. The highest BCUT2D eigenvalue weighted by Crippen LogP contribution is 2.23. The van der Waals surface area contributed by atoms with E-state index in [-0.39, 0.29) is 0 Å². The van der Waals surface area contributed by atoms with Gasteiger partial charge in [0.05, 0.1) is 17.9 Å². The Labute approximate surface area is 185 Å². The molecule has 160 valence electrons. The van der Waals surface area contributed by atoms with Crippen LogP contribution in [-0.2, 0) is 0 Å². The molecular formula is C25H22N4O3. The van der Waals surface area contributed by atoms with Crippen molar-refractivity contribution in [1.29, 1.82) is 0 Å². The number of nitrogens with one attached hydrogen (secondary N) is 2. The highest BCUT2D eigenvalue weighted by atomic mass is 16.5. The maximum atomic E-state index is 13.0. The van der Waals surface area contributed by atoms with Crippen LogP contribution in [-0.4, -0.2) is 28.2 Å². The van der Waals surface area contributed by atoms with Gasteiger partial charge in [-0.05, 0) is 43.3 Å². The summed E-state index contributed by atoms with van der Waals surface area (Å²) in [6.07, 6.45) is 1.65. The minimum atomic E-state index is -0.467. The second-order valence-electron chi connectivity index (χ2n) is 6.90. The lowest BCUT2D eigenvalue weighted by atomic mass is 10.1. The second-order valence-corrected chi connectivity index (χ2v) is 6.90. The number of ether oxygens (including phenoxy) is 1. The van der Waals surface area contributed by atoms with Crippen molar-refractivity contribution in [2.24, 2.45) is 0 Å². The van der Waals surface area contributed by atoms with Gasteiger partial charge < -0.3 is 4.74 Å². The summed E-state index contributed by atoms with van der Waals surface area (Å²) >= 11 is 0. The van der Waals surface area contributed by atoms with Crippen LogP contribution < -0.4 is 15.6 Å². The predicted octanol–water partition coefficient (Wildman–Crippen LogP) is 4.01. The summed E-state index contributed by atoms with van der Waals surface area (Å²) in [5.74, 6) is -0.225. The molecular weight excluding hydrogens is 404 g/mol. The molecule has 7 heteroatoms. The van der Waals surface area contributed by atoms with Crippen LogP contribution in [0.3, 0.4) is 0 Å². The van der Waals surface area contributed by atoms with E-state index in [0.29, 0.717) is 29.2 Å². The van der Waals surface area contributed by atoms with Crippen LogP contribution in [0.15, 0.2) is 91.1 Å². The van der Waals surface area contributed by atoms with Gasteiger partial charge in [0.15, 0.2) is 0 Å². The zero-order chi connectivity index (χ0) is 22.3. The number of hydrogen-bond acceptors (Lipinski definition) is 4. The van der Waals surface area contributed by atoms with E-state index in [0.717, 1.165) is 11.3 Å². The van der Waals surface area contributed by atoms with Crippen LogP contribution in [0.4, 0.5) is 0 Å². The third-order valence-electron chi connectivity index (χ3n) is 4.74. The Morgan fingerprint density at radius 2 is 1.47 bits per heavy atom. The van der Waals surface area contributed by atoms with Gasteiger partial charge in [-0.3, -0.25) is 20.4 Å². The van der Waals surface area contributed by atoms with Crippen molar-refractivity contribution in [3.05, 3.63) is 102 Å². The highest BCUT2D eigenvalue weighted by molar-refractivity contribution is 6.02. The smallest absolute Gasteiger partial charge is 0.273 e. The van der Waals surface area contributed by atoms with E-state index in [9.17, 15) is 9.59 Å². The average Bonchev–Trinajstić information content (AvgIpc) is 3.30. The third kappa shape index (κ3) is 4.67. The summed E-state index contributed by atoms with van der Waals surface area (Å²) in [6.45, 7) is 2.43. The Morgan fingerprint density at radius 1 is 0.844 bits per heavy atom. The van der Waals surface area contributed by atoms with E-state index in [1.165, 1.54) is 0 Å². The Morgan fingerprint density at radius 3 is 2.12 bits per heavy atom. The van der Waals surface area contributed by atoms with Gasteiger partial charge in [0.2, 0.25) is 0 Å². The molecule has 0 bridgehead atoms. The van der Waals surface area contributed by atoms with Gasteiger partial charge in [-0.2, -0.15) is 5.10 Å². The molecule has 0 aliphatic rings. The molecule has 3 aromatic carbocycles. The van der Waals surface area contributed by atoms with Crippen molar-refractivity contribution in [1.82, 2.24) is 20.6 Å². The lowest BCUT2D eigenvalue weighted by molar-refractivity contribution is 0.0847. The van der Waals surface area contributed by atoms with E-state index in [2.05, 4.69) is 16.0 Å². The molecule has 2 N–H and O–H groups in total. The molecule has 0 spiro atoms. The fourth-order valence-electron chi connectivity index (χ4n) is 3.18. The Bertz CT molecular complexity index is 1200. The van der Waals surface area contributed by atoms with Crippen LogP contribution in [0.1, 0.15) is 27.6 Å². The molecule has 0 unspecified atom stereocenters.